The van der Waals surface area contributed by atoms with E-state index in [1.807, 2.05) is 0 Å². The van der Waals surface area contributed by atoms with Crippen molar-refractivity contribution in [3.05, 3.63) is 29.3 Å². The van der Waals surface area contributed by atoms with Crippen molar-refractivity contribution in [1.82, 2.24) is 5.32 Å². The van der Waals surface area contributed by atoms with Crippen LogP contribution >= 0.6 is 0 Å². The lowest BCUT2D eigenvalue weighted by atomic mass is 10.0. The summed E-state index contributed by atoms with van der Waals surface area (Å²) >= 11 is 0. The number of hydrogen-bond acceptors (Lipinski definition) is 3. The summed E-state index contributed by atoms with van der Waals surface area (Å²) < 4.78 is 5.47. The van der Waals surface area contributed by atoms with Crippen LogP contribution in [-0.4, -0.2) is 32.3 Å². The number of hydrogen-bond donors (Lipinski definition) is 2. The normalized spacial score (nSPS) is 19.7. The summed E-state index contributed by atoms with van der Waals surface area (Å²) in [4.78, 5) is 0. The third kappa shape index (κ3) is 4.22. The van der Waals surface area contributed by atoms with Gasteiger partial charge >= 0.3 is 0 Å². The molecule has 1 fully saturated rings. The van der Waals surface area contributed by atoms with Crippen LogP contribution in [0, 0.1) is 6.92 Å². The molecule has 1 aliphatic rings. The van der Waals surface area contributed by atoms with E-state index in [1.165, 1.54) is 16.8 Å². The fourth-order valence-corrected chi connectivity index (χ4v) is 2.38. The van der Waals surface area contributed by atoms with Gasteiger partial charge in [-0.3, -0.25) is 0 Å². The highest BCUT2D eigenvalue weighted by Gasteiger charge is 2.12. The number of morpholine rings is 1. The highest BCUT2D eigenvalue weighted by atomic mass is 16.5. The van der Waals surface area contributed by atoms with Gasteiger partial charge in [-0.15, -0.1) is 0 Å². The zero-order chi connectivity index (χ0) is 13.7. The molecule has 0 bridgehead atoms. The van der Waals surface area contributed by atoms with Crippen LogP contribution in [0.3, 0.4) is 0 Å². The Morgan fingerprint density at radius 1 is 1.42 bits per heavy atom. The van der Waals surface area contributed by atoms with E-state index in [1.54, 1.807) is 0 Å². The Morgan fingerprint density at radius 3 is 2.95 bits per heavy atom. The Morgan fingerprint density at radius 2 is 2.26 bits per heavy atom. The molecule has 2 rings (SSSR count). The molecule has 2 N–H and O–H groups in total. The summed E-state index contributed by atoms with van der Waals surface area (Å²) in [6.07, 6.45) is 1.10. The molecule has 1 aliphatic heterocycles. The summed E-state index contributed by atoms with van der Waals surface area (Å²) in [5, 5.41) is 7.04. The number of nitrogens with one attached hydrogen (secondary N) is 2. The quantitative estimate of drug-likeness (QED) is 0.856. The molecule has 1 unspecified atom stereocenters. The first-order chi connectivity index (χ1) is 9.16. The molecular formula is C16H26N2O. The van der Waals surface area contributed by atoms with Crippen molar-refractivity contribution in [2.45, 2.75) is 39.2 Å². The standard InChI is InChI=1S/C16H26N2O/c1-12(2)14-5-4-13(3)16(10-14)18-7-6-15-11-19-9-8-17-15/h4-5,10,12,15,17-18H,6-9,11H2,1-3H3. The largest absolute Gasteiger partial charge is 0.385 e. The number of ether oxygens (including phenoxy) is 1. The van der Waals surface area contributed by atoms with E-state index in [2.05, 4.69) is 49.6 Å². The molecule has 0 saturated carbocycles. The molecule has 0 spiro atoms. The van der Waals surface area contributed by atoms with E-state index in [4.69, 9.17) is 4.74 Å². The van der Waals surface area contributed by atoms with Gasteiger partial charge in [0, 0.05) is 24.8 Å². The minimum atomic E-state index is 0.495. The molecule has 3 heteroatoms. The molecule has 106 valence electrons. The van der Waals surface area contributed by atoms with Gasteiger partial charge in [-0.1, -0.05) is 26.0 Å². The fourth-order valence-electron chi connectivity index (χ4n) is 2.38. The summed E-state index contributed by atoms with van der Waals surface area (Å²) in [6.45, 7) is 10.3. The van der Waals surface area contributed by atoms with E-state index in [0.29, 0.717) is 12.0 Å². The Balaban J connectivity index is 1.86. The molecule has 0 aromatic heterocycles. The number of aryl methyl sites for hydroxylation is 1. The van der Waals surface area contributed by atoms with Crippen molar-refractivity contribution >= 4 is 5.69 Å². The Hall–Kier alpha value is -1.06. The van der Waals surface area contributed by atoms with Crippen LogP contribution in [0.15, 0.2) is 18.2 Å². The number of rotatable bonds is 5. The summed E-state index contributed by atoms with van der Waals surface area (Å²) in [6, 6.07) is 7.21. The second-order valence-corrected chi connectivity index (χ2v) is 5.67. The van der Waals surface area contributed by atoms with Gasteiger partial charge in [0.15, 0.2) is 0 Å². The third-order valence-corrected chi connectivity index (χ3v) is 3.73. The van der Waals surface area contributed by atoms with Crippen molar-refractivity contribution in [1.29, 1.82) is 0 Å². The van der Waals surface area contributed by atoms with Crippen LogP contribution < -0.4 is 10.6 Å². The van der Waals surface area contributed by atoms with E-state index in [-0.39, 0.29) is 0 Å². The minimum absolute atomic E-state index is 0.495. The van der Waals surface area contributed by atoms with Crippen molar-refractivity contribution in [3.8, 4) is 0 Å². The van der Waals surface area contributed by atoms with Crippen LogP contribution in [0.25, 0.3) is 0 Å². The van der Waals surface area contributed by atoms with Gasteiger partial charge in [0.1, 0.15) is 0 Å². The van der Waals surface area contributed by atoms with Gasteiger partial charge in [0.05, 0.1) is 13.2 Å². The Labute approximate surface area is 116 Å². The Kier molecular flexibility index (Phi) is 5.23. The zero-order valence-corrected chi connectivity index (χ0v) is 12.3. The zero-order valence-electron chi connectivity index (χ0n) is 12.3. The van der Waals surface area contributed by atoms with Gasteiger partial charge < -0.3 is 15.4 Å². The predicted octanol–water partition coefficient (Wildman–Crippen LogP) is 2.91. The predicted molar refractivity (Wildman–Crippen MR) is 81.0 cm³/mol. The summed E-state index contributed by atoms with van der Waals surface area (Å²) in [5.41, 5.74) is 3.98. The number of benzene rings is 1. The topological polar surface area (TPSA) is 33.3 Å². The van der Waals surface area contributed by atoms with Crippen molar-refractivity contribution < 1.29 is 4.74 Å². The highest BCUT2D eigenvalue weighted by molar-refractivity contribution is 5.53. The fraction of sp³-hybridized carbons (Fsp3) is 0.625. The lowest BCUT2D eigenvalue weighted by Gasteiger charge is -2.24. The first-order valence-corrected chi connectivity index (χ1v) is 7.32. The maximum Gasteiger partial charge on any atom is 0.0620 e. The van der Waals surface area contributed by atoms with Gasteiger partial charge in [-0.05, 0) is 36.5 Å². The molecule has 1 heterocycles. The van der Waals surface area contributed by atoms with Crippen molar-refractivity contribution in [2.75, 3.05) is 31.6 Å². The number of anilines is 1. The van der Waals surface area contributed by atoms with E-state index < -0.39 is 0 Å². The maximum absolute atomic E-state index is 5.47. The maximum atomic E-state index is 5.47. The van der Waals surface area contributed by atoms with Gasteiger partial charge in [0.25, 0.3) is 0 Å². The van der Waals surface area contributed by atoms with Crippen LogP contribution in [0.2, 0.25) is 0 Å². The monoisotopic (exact) mass is 262 g/mol. The van der Waals surface area contributed by atoms with E-state index >= 15 is 0 Å². The van der Waals surface area contributed by atoms with Gasteiger partial charge in [0.2, 0.25) is 0 Å². The molecule has 3 nitrogen and oxygen atoms in total. The van der Waals surface area contributed by atoms with E-state index in [0.717, 1.165) is 32.7 Å². The van der Waals surface area contributed by atoms with Crippen LogP contribution in [0.4, 0.5) is 5.69 Å². The first kappa shape index (κ1) is 14.4. The van der Waals surface area contributed by atoms with Crippen LogP contribution in [0.1, 0.15) is 37.3 Å². The second-order valence-electron chi connectivity index (χ2n) is 5.67. The SMILES string of the molecule is Cc1ccc(C(C)C)cc1NCCC1COCCN1. The molecule has 1 aromatic carbocycles. The average molecular weight is 262 g/mol. The van der Waals surface area contributed by atoms with Gasteiger partial charge in [-0.2, -0.15) is 0 Å². The first-order valence-electron chi connectivity index (χ1n) is 7.32. The van der Waals surface area contributed by atoms with Crippen LogP contribution in [-0.2, 0) is 4.74 Å². The molecule has 0 aliphatic carbocycles. The molecular weight excluding hydrogens is 236 g/mol. The summed E-state index contributed by atoms with van der Waals surface area (Å²) in [5.74, 6) is 0.578. The molecule has 1 atom stereocenters. The molecule has 1 aromatic rings. The molecule has 0 amide bonds. The smallest absolute Gasteiger partial charge is 0.0620 e. The van der Waals surface area contributed by atoms with E-state index in [9.17, 15) is 0 Å². The van der Waals surface area contributed by atoms with Gasteiger partial charge in [-0.25, -0.2) is 0 Å². The highest BCUT2D eigenvalue weighted by Crippen LogP contribution is 2.22. The molecule has 19 heavy (non-hydrogen) atoms. The van der Waals surface area contributed by atoms with Crippen molar-refractivity contribution in [2.24, 2.45) is 0 Å². The Bertz CT molecular complexity index is 398. The average Bonchev–Trinajstić information content (AvgIpc) is 2.42. The minimum Gasteiger partial charge on any atom is -0.385 e. The van der Waals surface area contributed by atoms with Crippen LogP contribution in [0.5, 0.6) is 0 Å². The lowest BCUT2D eigenvalue weighted by Crippen LogP contribution is -2.42. The summed E-state index contributed by atoms with van der Waals surface area (Å²) in [7, 11) is 0. The molecule has 1 saturated heterocycles. The second kappa shape index (κ2) is 6.92. The molecule has 0 radical (unpaired) electrons. The lowest BCUT2D eigenvalue weighted by molar-refractivity contribution is 0.0753. The third-order valence-electron chi connectivity index (χ3n) is 3.73. The van der Waals surface area contributed by atoms with Crippen molar-refractivity contribution in [3.63, 3.8) is 0 Å².